The van der Waals surface area contributed by atoms with Crippen molar-refractivity contribution in [1.82, 2.24) is 20.3 Å². The summed E-state index contributed by atoms with van der Waals surface area (Å²) in [6.45, 7) is 4.19. The average Bonchev–Trinajstić information content (AvgIpc) is 3.39. The van der Waals surface area contributed by atoms with Crippen LogP contribution in [-0.2, 0) is 4.74 Å². The Morgan fingerprint density at radius 1 is 1.34 bits per heavy atom. The van der Waals surface area contributed by atoms with E-state index in [2.05, 4.69) is 35.6 Å². The molecule has 1 fully saturated rings. The van der Waals surface area contributed by atoms with Gasteiger partial charge in [-0.2, -0.15) is 0 Å². The SMILES string of the molecule is CC(C)c1cc(F)cc([C@@H](CN=[N+]=[N-])NC(=O)c2cc(-c3nc(N[C@H]4CCOC[C@H]4F)ncc3Cl)c[nH]2)c1. The molecular weight excluding hydrogens is 518 g/mol. The molecule has 1 amide bonds. The third-order valence-electron chi connectivity index (χ3n) is 6.19. The molecule has 1 aromatic carbocycles. The molecule has 0 aliphatic carbocycles. The van der Waals surface area contributed by atoms with Gasteiger partial charge in [0.15, 0.2) is 0 Å². The number of benzene rings is 1. The molecule has 38 heavy (non-hydrogen) atoms. The van der Waals surface area contributed by atoms with E-state index in [-0.39, 0.29) is 35.7 Å². The highest BCUT2D eigenvalue weighted by molar-refractivity contribution is 6.32. The summed E-state index contributed by atoms with van der Waals surface area (Å²) in [7, 11) is 0. The summed E-state index contributed by atoms with van der Waals surface area (Å²) in [5, 5.41) is 9.60. The number of carbonyl (C=O) groups excluding carboxylic acids is 1. The monoisotopic (exact) mass is 544 g/mol. The van der Waals surface area contributed by atoms with E-state index in [1.807, 2.05) is 13.8 Å². The van der Waals surface area contributed by atoms with Crippen LogP contribution >= 0.6 is 11.6 Å². The van der Waals surface area contributed by atoms with E-state index in [0.717, 1.165) is 5.56 Å². The molecule has 0 saturated carbocycles. The van der Waals surface area contributed by atoms with Gasteiger partial charge in [-0.15, -0.1) is 0 Å². The first-order chi connectivity index (χ1) is 18.2. The van der Waals surface area contributed by atoms with Crippen LogP contribution < -0.4 is 10.6 Å². The van der Waals surface area contributed by atoms with Crippen LogP contribution in [-0.4, -0.2) is 52.8 Å². The van der Waals surface area contributed by atoms with Crippen LogP contribution in [0.4, 0.5) is 14.7 Å². The van der Waals surface area contributed by atoms with Crippen molar-refractivity contribution in [3.63, 3.8) is 0 Å². The van der Waals surface area contributed by atoms with Gasteiger partial charge < -0.3 is 20.4 Å². The van der Waals surface area contributed by atoms with Gasteiger partial charge in [-0.05, 0) is 47.2 Å². The molecule has 4 rings (SSSR count). The number of hydrogen-bond acceptors (Lipinski definition) is 6. The molecule has 1 aliphatic rings. The molecule has 2 aromatic heterocycles. The number of halogens is 3. The van der Waals surface area contributed by atoms with Crippen molar-refractivity contribution in [1.29, 1.82) is 0 Å². The highest BCUT2D eigenvalue weighted by Gasteiger charge is 2.26. The van der Waals surface area contributed by atoms with Gasteiger partial charge in [0.25, 0.3) is 5.91 Å². The second kappa shape index (κ2) is 12.2. The number of H-pyrrole nitrogens is 1. The molecule has 0 radical (unpaired) electrons. The molecule has 13 heteroatoms. The van der Waals surface area contributed by atoms with Crippen LogP contribution in [0.2, 0.25) is 5.02 Å². The number of alkyl halides is 1. The van der Waals surface area contributed by atoms with Gasteiger partial charge in [-0.1, -0.05) is 36.6 Å². The Morgan fingerprint density at radius 2 is 2.13 bits per heavy atom. The summed E-state index contributed by atoms with van der Waals surface area (Å²) in [5.74, 6) is -0.690. The standard InChI is InChI=1S/C25H27ClF2N8O2/c1-13(2)14-5-15(7-17(27)6-14)22(11-32-36-29)33-24(37)21-8-16(9-30-21)23-18(26)10-31-25(35-23)34-20-3-4-38-12-19(20)28/h5-10,13,19-20,22,30H,3-4,11-12H2,1-2H3,(H,33,37)(H,31,34,35)/t19-,20+,22-/m1/s1. The molecule has 0 bridgehead atoms. The molecule has 10 nitrogen and oxygen atoms in total. The lowest BCUT2D eigenvalue weighted by atomic mass is 9.97. The Balaban J connectivity index is 1.54. The predicted molar refractivity (Wildman–Crippen MR) is 139 cm³/mol. The number of carbonyl (C=O) groups is 1. The van der Waals surface area contributed by atoms with Gasteiger partial charge >= 0.3 is 0 Å². The number of azide groups is 1. The lowest BCUT2D eigenvalue weighted by molar-refractivity contribution is 0.0284. The van der Waals surface area contributed by atoms with E-state index < -0.39 is 30.0 Å². The maximum Gasteiger partial charge on any atom is 0.268 e. The van der Waals surface area contributed by atoms with Crippen molar-refractivity contribution in [2.75, 3.05) is 25.1 Å². The third-order valence-corrected chi connectivity index (χ3v) is 6.47. The summed E-state index contributed by atoms with van der Waals surface area (Å²) < 4.78 is 33.6. The van der Waals surface area contributed by atoms with Crippen LogP contribution in [0.1, 0.15) is 53.8 Å². The molecule has 0 spiro atoms. The topological polar surface area (TPSA) is 141 Å². The minimum absolute atomic E-state index is 0.00345. The number of aromatic amines is 1. The zero-order valence-electron chi connectivity index (χ0n) is 20.8. The lowest BCUT2D eigenvalue weighted by Crippen LogP contribution is -2.39. The lowest BCUT2D eigenvalue weighted by Gasteiger charge is -2.26. The molecular formula is C25H27ClF2N8O2. The number of rotatable bonds is 9. The summed E-state index contributed by atoms with van der Waals surface area (Å²) >= 11 is 6.32. The second-order valence-electron chi connectivity index (χ2n) is 9.23. The quantitative estimate of drug-likeness (QED) is 0.180. The molecule has 3 N–H and O–H groups in total. The third kappa shape index (κ3) is 6.58. The number of nitrogens with one attached hydrogen (secondary N) is 3. The van der Waals surface area contributed by atoms with Crippen LogP contribution in [0, 0.1) is 5.82 Å². The number of anilines is 1. The van der Waals surface area contributed by atoms with Gasteiger partial charge in [0.1, 0.15) is 17.7 Å². The predicted octanol–water partition coefficient (Wildman–Crippen LogP) is 5.71. The zero-order valence-corrected chi connectivity index (χ0v) is 21.5. The molecule has 200 valence electrons. The van der Waals surface area contributed by atoms with Crippen LogP contribution in [0.15, 0.2) is 41.8 Å². The van der Waals surface area contributed by atoms with Gasteiger partial charge in [0, 0.05) is 23.3 Å². The first-order valence-corrected chi connectivity index (χ1v) is 12.4. The Morgan fingerprint density at radius 3 is 2.87 bits per heavy atom. The highest BCUT2D eigenvalue weighted by Crippen LogP contribution is 2.28. The molecule has 3 atom stereocenters. The van der Waals surface area contributed by atoms with E-state index in [1.165, 1.54) is 18.3 Å². The van der Waals surface area contributed by atoms with Crippen LogP contribution in [0.5, 0.6) is 0 Å². The first kappa shape index (κ1) is 27.3. The van der Waals surface area contributed by atoms with E-state index in [4.69, 9.17) is 21.9 Å². The fraction of sp³-hybridized carbons (Fsp3) is 0.400. The molecule has 3 heterocycles. The Hall–Kier alpha value is -3.73. The minimum Gasteiger partial charge on any atom is -0.378 e. The number of amides is 1. The minimum atomic E-state index is -1.19. The van der Waals surface area contributed by atoms with E-state index in [1.54, 1.807) is 18.3 Å². The van der Waals surface area contributed by atoms with Crippen molar-refractivity contribution < 1.29 is 18.3 Å². The van der Waals surface area contributed by atoms with Crippen molar-refractivity contribution in [3.8, 4) is 11.3 Å². The molecule has 3 aromatic rings. The number of aromatic nitrogens is 3. The van der Waals surface area contributed by atoms with Gasteiger partial charge in [0.05, 0.1) is 42.1 Å². The first-order valence-electron chi connectivity index (χ1n) is 12.1. The molecule has 1 saturated heterocycles. The molecule has 1 aliphatic heterocycles. The number of nitrogens with zero attached hydrogens (tertiary/aromatic N) is 5. The van der Waals surface area contributed by atoms with E-state index in [9.17, 15) is 13.6 Å². The summed E-state index contributed by atoms with van der Waals surface area (Å²) in [6.07, 6.45) is 2.23. The Bertz CT molecular complexity index is 1340. The Kier molecular flexibility index (Phi) is 8.77. The maximum absolute atomic E-state index is 14.3. The van der Waals surface area contributed by atoms with E-state index in [0.29, 0.717) is 29.8 Å². The van der Waals surface area contributed by atoms with E-state index >= 15 is 0 Å². The van der Waals surface area contributed by atoms with Crippen molar-refractivity contribution >= 4 is 23.5 Å². The highest BCUT2D eigenvalue weighted by atomic mass is 35.5. The van der Waals surface area contributed by atoms with Gasteiger partial charge in [0.2, 0.25) is 5.95 Å². The van der Waals surface area contributed by atoms with Gasteiger partial charge in [-0.3, -0.25) is 4.79 Å². The Labute approximate surface area is 222 Å². The number of ether oxygens (including phenoxy) is 1. The fourth-order valence-corrected chi connectivity index (χ4v) is 4.29. The summed E-state index contributed by atoms with van der Waals surface area (Å²) in [5.41, 5.74) is 11.1. The van der Waals surface area contributed by atoms with Crippen molar-refractivity contribution in [2.24, 2.45) is 5.11 Å². The fourth-order valence-electron chi connectivity index (χ4n) is 4.09. The molecule has 0 unspecified atom stereocenters. The maximum atomic E-state index is 14.3. The zero-order chi connectivity index (χ0) is 27.2. The van der Waals surface area contributed by atoms with Crippen LogP contribution in [0.3, 0.4) is 0 Å². The van der Waals surface area contributed by atoms with Gasteiger partial charge in [-0.25, -0.2) is 18.7 Å². The van der Waals surface area contributed by atoms with Crippen LogP contribution in [0.25, 0.3) is 21.7 Å². The van der Waals surface area contributed by atoms with Crippen molar-refractivity contribution in [2.45, 2.75) is 44.4 Å². The normalized spacial score (nSPS) is 18.1. The average molecular weight is 545 g/mol. The summed E-state index contributed by atoms with van der Waals surface area (Å²) in [6, 6.07) is 4.82. The second-order valence-corrected chi connectivity index (χ2v) is 9.64. The smallest absolute Gasteiger partial charge is 0.268 e. The number of hydrogen-bond donors (Lipinski definition) is 3. The largest absolute Gasteiger partial charge is 0.378 e. The summed E-state index contributed by atoms with van der Waals surface area (Å²) in [4.78, 5) is 27.3. The van der Waals surface area contributed by atoms with Crippen molar-refractivity contribution in [3.05, 3.63) is 74.8 Å².